The number of carbonyl (C=O) groups is 2. The van der Waals surface area contributed by atoms with E-state index in [0.717, 1.165) is 18.4 Å². The van der Waals surface area contributed by atoms with Crippen LogP contribution in [0.2, 0.25) is 0 Å². The maximum Gasteiger partial charge on any atom is 0.338 e. The predicted octanol–water partition coefficient (Wildman–Crippen LogP) is 4.40. The van der Waals surface area contributed by atoms with Gasteiger partial charge >= 0.3 is 5.97 Å². The van der Waals surface area contributed by atoms with Crippen LogP contribution in [-0.4, -0.2) is 24.7 Å². The first-order valence-electron chi connectivity index (χ1n) is 10.2. The van der Waals surface area contributed by atoms with Gasteiger partial charge in [0.05, 0.1) is 18.4 Å². The van der Waals surface area contributed by atoms with Gasteiger partial charge in [-0.3, -0.25) is 4.79 Å². The highest BCUT2D eigenvalue weighted by Crippen LogP contribution is 2.66. The van der Waals surface area contributed by atoms with E-state index in [0.29, 0.717) is 29.6 Å². The summed E-state index contributed by atoms with van der Waals surface area (Å²) in [5, 5.41) is 4.08. The van der Waals surface area contributed by atoms with Crippen molar-refractivity contribution in [1.29, 1.82) is 0 Å². The Labute approximate surface area is 170 Å². The molecule has 1 amide bonds. The van der Waals surface area contributed by atoms with Gasteiger partial charge in [0.25, 0.3) is 0 Å². The maximum atomic E-state index is 12.4. The Hall–Kier alpha value is -2.89. The van der Waals surface area contributed by atoms with Gasteiger partial charge in [-0.05, 0) is 55.4 Å². The molecule has 0 unspecified atom stereocenters. The molecule has 2 aromatic rings. The fourth-order valence-corrected chi connectivity index (χ4v) is 4.67. The van der Waals surface area contributed by atoms with Gasteiger partial charge in [-0.1, -0.05) is 31.9 Å². The summed E-state index contributed by atoms with van der Waals surface area (Å²) in [7, 11) is 0. The van der Waals surface area contributed by atoms with E-state index in [-0.39, 0.29) is 23.2 Å². The molecule has 152 valence electrons. The molecule has 6 nitrogen and oxygen atoms in total. The SMILES string of the molecule is CCOC(=O)c1cccc(-c2ccc(/C=N\NC(=O)[C@@H]3[C@@H]4CCCC[C@]34C)o2)c1. The monoisotopic (exact) mass is 394 g/mol. The van der Waals surface area contributed by atoms with Crippen molar-refractivity contribution in [2.45, 2.75) is 39.5 Å². The first-order valence-corrected chi connectivity index (χ1v) is 10.2. The molecule has 29 heavy (non-hydrogen) atoms. The molecule has 6 heteroatoms. The maximum absolute atomic E-state index is 12.4. The number of hydrogen-bond acceptors (Lipinski definition) is 5. The van der Waals surface area contributed by atoms with E-state index in [9.17, 15) is 9.59 Å². The molecule has 1 N–H and O–H groups in total. The number of esters is 1. The Morgan fingerprint density at radius 1 is 1.31 bits per heavy atom. The lowest BCUT2D eigenvalue weighted by Crippen LogP contribution is -2.22. The first-order chi connectivity index (χ1) is 14.0. The highest BCUT2D eigenvalue weighted by molar-refractivity contribution is 5.91. The zero-order chi connectivity index (χ0) is 20.4. The quantitative estimate of drug-likeness (QED) is 0.447. The smallest absolute Gasteiger partial charge is 0.338 e. The van der Waals surface area contributed by atoms with E-state index < -0.39 is 0 Å². The Balaban J connectivity index is 1.38. The Morgan fingerprint density at radius 3 is 2.93 bits per heavy atom. The summed E-state index contributed by atoms with van der Waals surface area (Å²) in [6.07, 6.45) is 6.22. The zero-order valence-electron chi connectivity index (χ0n) is 16.8. The van der Waals surface area contributed by atoms with Gasteiger partial charge < -0.3 is 9.15 Å². The van der Waals surface area contributed by atoms with Crippen molar-refractivity contribution in [3.05, 3.63) is 47.7 Å². The van der Waals surface area contributed by atoms with Crippen LogP contribution >= 0.6 is 0 Å². The summed E-state index contributed by atoms with van der Waals surface area (Å²) in [5.41, 5.74) is 4.08. The summed E-state index contributed by atoms with van der Waals surface area (Å²) in [6, 6.07) is 10.7. The van der Waals surface area contributed by atoms with Crippen molar-refractivity contribution in [1.82, 2.24) is 5.43 Å². The zero-order valence-corrected chi connectivity index (χ0v) is 16.8. The Kier molecular flexibility index (Phi) is 5.26. The molecule has 0 radical (unpaired) electrons. The number of amides is 1. The van der Waals surface area contributed by atoms with Gasteiger partial charge in [0.1, 0.15) is 11.5 Å². The van der Waals surface area contributed by atoms with Crippen LogP contribution in [0.15, 0.2) is 45.9 Å². The van der Waals surface area contributed by atoms with Crippen molar-refractivity contribution in [3.63, 3.8) is 0 Å². The second-order valence-corrected chi connectivity index (χ2v) is 8.07. The number of ether oxygens (including phenoxy) is 1. The van der Waals surface area contributed by atoms with Gasteiger partial charge in [0, 0.05) is 11.5 Å². The van der Waals surface area contributed by atoms with Crippen molar-refractivity contribution < 1.29 is 18.7 Å². The minimum absolute atomic E-state index is 0.00423. The van der Waals surface area contributed by atoms with Crippen LogP contribution in [0, 0.1) is 17.3 Å². The largest absolute Gasteiger partial charge is 0.462 e. The molecule has 0 spiro atoms. The number of rotatable bonds is 6. The number of hydrogen-bond donors (Lipinski definition) is 1. The van der Waals surface area contributed by atoms with Crippen molar-refractivity contribution in [3.8, 4) is 11.3 Å². The Morgan fingerprint density at radius 2 is 2.17 bits per heavy atom. The summed E-state index contributed by atoms with van der Waals surface area (Å²) < 4.78 is 10.8. The van der Waals surface area contributed by atoms with Crippen LogP contribution < -0.4 is 5.43 Å². The summed E-state index contributed by atoms with van der Waals surface area (Å²) in [5.74, 6) is 1.38. The fraction of sp³-hybridized carbons (Fsp3) is 0.435. The van der Waals surface area contributed by atoms with E-state index >= 15 is 0 Å². The van der Waals surface area contributed by atoms with Crippen LogP contribution in [0.25, 0.3) is 11.3 Å². The normalized spacial score (nSPS) is 25.4. The lowest BCUT2D eigenvalue weighted by molar-refractivity contribution is -0.123. The molecule has 0 aliphatic heterocycles. The Bertz CT molecular complexity index is 948. The third kappa shape index (κ3) is 3.84. The molecule has 1 heterocycles. The lowest BCUT2D eigenvalue weighted by Gasteiger charge is -2.15. The van der Waals surface area contributed by atoms with Gasteiger partial charge in [0.15, 0.2) is 0 Å². The van der Waals surface area contributed by atoms with E-state index in [4.69, 9.17) is 9.15 Å². The molecular formula is C23H26N2O4. The van der Waals surface area contributed by atoms with E-state index in [2.05, 4.69) is 17.5 Å². The summed E-state index contributed by atoms with van der Waals surface area (Å²) in [4.78, 5) is 24.3. The third-order valence-corrected chi connectivity index (χ3v) is 6.27. The molecule has 3 atom stereocenters. The predicted molar refractivity (Wildman–Crippen MR) is 109 cm³/mol. The van der Waals surface area contributed by atoms with Gasteiger partial charge in [0.2, 0.25) is 5.91 Å². The molecule has 0 saturated heterocycles. The van der Waals surface area contributed by atoms with Crippen molar-refractivity contribution in [2.24, 2.45) is 22.4 Å². The van der Waals surface area contributed by atoms with Crippen LogP contribution in [0.1, 0.15) is 55.6 Å². The standard InChI is InChI=1S/C23H26N2O4/c1-3-28-22(27)16-8-6-7-15(13-16)19-11-10-17(29-19)14-24-25-21(26)20-18-9-4-5-12-23(18,20)2/h6-8,10-11,13-14,18,20H,3-5,9,12H2,1-2H3,(H,25,26)/b24-14-/t18-,20-,23-/m0/s1. The van der Waals surface area contributed by atoms with Crippen LogP contribution in [-0.2, 0) is 9.53 Å². The van der Waals surface area contributed by atoms with E-state index in [1.165, 1.54) is 19.1 Å². The average molecular weight is 394 g/mol. The molecule has 2 saturated carbocycles. The minimum Gasteiger partial charge on any atom is -0.462 e. The van der Waals surface area contributed by atoms with Crippen molar-refractivity contribution >= 4 is 18.1 Å². The average Bonchev–Trinajstić information content (AvgIpc) is 3.09. The second-order valence-electron chi connectivity index (χ2n) is 8.07. The number of carbonyl (C=O) groups excluding carboxylic acids is 2. The molecule has 4 rings (SSSR count). The number of benzene rings is 1. The molecular weight excluding hydrogens is 368 g/mol. The summed E-state index contributed by atoms with van der Waals surface area (Å²) >= 11 is 0. The highest BCUT2D eigenvalue weighted by Gasteiger charge is 2.64. The minimum atomic E-state index is -0.361. The van der Waals surface area contributed by atoms with Crippen LogP contribution in [0.3, 0.4) is 0 Å². The molecule has 2 fully saturated rings. The number of nitrogens with one attached hydrogen (secondary N) is 1. The van der Waals surface area contributed by atoms with Crippen LogP contribution in [0.4, 0.5) is 0 Å². The first kappa shape index (κ1) is 19.4. The topological polar surface area (TPSA) is 80.9 Å². The lowest BCUT2D eigenvalue weighted by atomic mass is 9.90. The molecule has 1 aromatic carbocycles. The van der Waals surface area contributed by atoms with Gasteiger partial charge in [-0.2, -0.15) is 5.10 Å². The number of hydrazone groups is 1. The number of nitrogens with zero attached hydrogens (tertiary/aromatic N) is 1. The highest BCUT2D eigenvalue weighted by atomic mass is 16.5. The molecule has 0 bridgehead atoms. The van der Waals surface area contributed by atoms with Crippen molar-refractivity contribution in [2.75, 3.05) is 6.61 Å². The number of fused-ring (bicyclic) bond motifs is 1. The molecule has 2 aliphatic rings. The van der Waals surface area contributed by atoms with Gasteiger partial charge in [-0.25, -0.2) is 10.2 Å². The van der Waals surface area contributed by atoms with Crippen LogP contribution in [0.5, 0.6) is 0 Å². The van der Waals surface area contributed by atoms with E-state index in [1.807, 2.05) is 12.1 Å². The fourth-order valence-electron chi connectivity index (χ4n) is 4.67. The number of furan rings is 1. The van der Waals surface area contributed by atoms with Gasteiger partial charge in [-0.15, -0.1) is 0 Å². The second kappa shape index (κ2) is 7.85. The third-order valence-electron chi connectivity index (χ3n) is 6.27. The summed E-state index contributed by atoms with van der Waals surface area (Å²) in [6.45, 7) is 4.32. The van der Waals surface area contributed by atoms with E-state index in [1.54, 1.807) is 31.2 Å². The molecule has 2 aliphatic carbocycles. The molecule has 1 aromatic heterocycles.